The third kappa shape index (κ3) is 5.18. The lowest BCUT2D eigenvalue weighted by Crippen LogP contribution is -2.31. The van der Waals surface area contributed by atoms with Gasteiger partial charge in [-0.15, -0.1) is 0 Å². The summed E-state index contributed by atoms with van der Waals surface area (Å²) in [5.74, 6) is -2.12. The summed E-state index contributed by atoms with van der Waals surface area (Å²) in [5.41, 5.74) is 2.00. The molecule has 0 saturated heterocycles. The molecule has 3 rings (SSSR count). The Balaban J connectivity index is 1.61. The number of amides is 3. The molecule has 31 heavy (non-hydrogen) atoms. The Hall–Kier alpha value is -3.04. The Morgan fingerprint density at radius 2 is 1.81 bits per heavy atom. The molecule has 0 unspecified atom stereocenters. The summed E-state index contributed by atoms with van der Waals surface area (Å²) in [6.45, 7) is 2.06. The quantitative estimate of drug-likeness (QED) is 0.347. The van der Waals surface area contributed by atoms with E-state index in [1.54, 1.807) is 25.3 Å². The highest BCUT2D eigenvalue weighted by Gasteiger charge is 2.35. The third-order valence-electron chi connectivity index (χ3n) is 4.71. The summed E-state index contributed by atoms with van der Waals surface area (Å²) in [5, 5.41) is 2.65. The van der Waals surface area contributed by atoms with E-state index in [2.05, 4.69) is 21.2 Å². The van der Waals surface area contributed by atoms with E-state index in [1.165, 1.54) is 18.2 Å². The first kappa shape index (κ1) is 22.6. The molecule has 2 aromatic rings. The molecule has 1 N–H and O–H groups in total. The maximum absolute atomic E-state index is 12.5. The van der Waals surface area contributed by atoms with Crippen LogP contribution in [0.3, 0.4) is 0 Å². The van der Waals surface area contributed by atoms with Gasteiger partial charge in [-0.05, 0) is 55.3 Å². The SMILES string of the molecule is COCCCN1C(=O)c2ccc(C(=O)OCC(=O)Nc3ccc(Br)c(C)c3)cc2C1=O. The number of methoxy groups -OCH3 is 1. The molecule has 1 aliphatic heterocycles. The number of aryl methyl sites for hydroxylation is 1. The Morgan fingerprint density at radius 3 is 2.52 bits per heavy atom. The highest BCUT2D eigenvalue weighted by Crippen LogP contribution is 2.25. The highest BCUT2D eigenvalue weighted by atomic mass is 79.9. The lowest BCUT2D eigenvalue weighted by molar-refractivity contribution is -0.119. The van der Waals surface area contributed by atoms with Crippen molar-refractivity contribution in [2.75, 3.05) is 32.2 Å². The number of hydrogen-bond acceptors (Lipinski definition) is 6. The van der Waals surface area contributed by atoms with Gasteiger partial charge in [0.05, 0.1) is 16.7 Å². The molecule has 1 aliphatic rings. The smallest absolute Gasteiger partial charge is 0.338 e. The Morgan fingerprint density at radius 1 is 1.06 bits per heavy atom. The number of hydrogen-bond donors (Lipinski definition) is 1. The summed E-state index contributed by atoms with van der Waals surface area (Å²) in [7, 11) is 1.54. The number of nitrogens with zero attached hydrogens (tertiary/aromatic N) is 1. The van der Waals surface area contributed by atoms with Gasteiger partial charge in [-0.1, -0.05) is 15.9 Å². The van der Waals surface area contributed by atoms with Crippen molar-refractivity contribution in [1.29, 1.82) is 0 Å². The van der Waals surface area contributed by atoms with Crippen LogP contribution in [0.5, 0.6) is 0 Å². The van der Waals surface area contributed by atoms with Crippen LogP contribution in [0.2, 0.25) is 0 Å². The fourth-order valence-electron chi connectivity index (χ4n) is 3.12. The second kappa shape index (κ2) is 9.84. The third-order valence-corrected chi connectivity index (χ3v) is 5.60. The Labute approximate surface area is 187 Å². The van der Waals surface area contributed by atoms with Gasteiger partial charge in [-0.2, -0.15) is 0 Å². The first-order valence-corrected chi connectivity index (χ1v) is 10.3. The van der Waals surface area contributed by atoms with Crippen LogP contribution in [0.4, 0.5) is 5.69 Å². The van der Waals surface area contributed by atoms with Crippen LogP contribution in [0.1, 0.15) is 43.1 Å². The van der Waals surface area contributed by atoms with Crippen LogP contribution >= 0.6 is 15.9 Å². The van der Waals surface area contributed by atoms with Crippen LogP contribution < -0.4 is 5.32 Å². The Bertz CT molecular complexity index is 1050. The Kier molecular flexibility index (Phi) is 7.19. The van der Waals surface area contributed by atoms with Gasteiger partial charge < -0.3 is 14.8 Å². The molecule has 0 radical (unpaired) electrons. The fourth-order valence-corrected chi connectivity index (χ4v) is 3.37. The summed E-state index contributed by atoms with van der Waals surface area (Å²) >= 11 is 3.38. The lowest BCUT2D eigenvalue weighted by atomic mass is 10.1. The number of benzene rings is 2. The van der Waals surface area contributed by atoms with Gasteiger partial charge in [0, 0.05) is 30.4 Å². The molecule has 0 bridgehead atoms. The number of carbonyl (C=O) groups is 4. The maximum atomic E-state index is 12.5. The van der Waals surface area contributed by atoms with Crippen LogP contribution in [-0.4, -0.2) is 55.5 Å². The van der Waals surface area contributed by atoms with Crippen LogP contribution in [0.25, 0.3) is 0 Å². The van der Waals surface area contributed by atoms with Crippen molar-refractivity contribution in [3.8, 4) is 0 Å². The number of ether oxygens (including phenoxy) is 2. The summed E-state index contributed by atoms with van der Waals surface area (Å²) in [6, 6.07) is 9.46. The molecule has 0 atom stereocenters. The van der Waals surface area contributed by atoms with Crippen molar-refractivity contribution in [3.63, 3.8) is 0 Å². The van der Waals surface area contributed by atoms with Gasteiger partial charge in [0.15, 0.2) is 6.61 Å². The number of imide groups is 1. The number of anilines is 1. The molecular formula is C22H21BrN2O6. The van der Waals surface area contributed by atoms with Crippen molar-refractivity contribution < 1.29 is 28.7 Å². The molecule has 162 valence electrons. The van der Waals surface area contributed by atoms with Gasteiger partial charge in [0.2, 0.25) is 0 Å². The van der Waals surface area contributed by atoms with E-state index < -0.39 is 30.3 Å². The zero-order valence-electron chi connectivity index (χ0n) is 17.1. The van der Waals surface area contributed by atoms with E-state index in [1.807, 2.05) is 6.92 Å². The molecule has 0 fully saturated rings. The van der Waals surface area contributed by atoms with E-state index in [0.717, 1.165) is 14.9 Å². The van der Waals surface area contributed by atoms with Crippen molar-refractivity contribution in [3.05, 3.63) is 63.1 Å². The zero-order chi connectivity index (χ0) is 22.5. The normalized spacial score (nSPS) is 12.7. The molecule has 1 heterocycles. The number of fused-ring (bicyclic) bond motifs is 1. The van der Waals surface area contributed by atoms with Crippen LogP contribution in [0, 0.1) is 6.92 Å². The van der Waals surface area contributed by atoms with Crippen LogP contribution in [-0.2, 0) is 14.3 Å². The zero-order valence-corrected chi connectivity index (χ0v) is 18.7. The molecule has 3 amide bonds. The van der Waals surface area contributed by atoms with E-state index in [9.17, 15) is 19.2 Å². The number of rotatable bonds is 8. The topological polar surface area (TPSA) is 102 Å². The van der Waals surface area contributed by atoms with Crippen molar-refractivity contribution in [2.45, 2.75) is 13.3 Å². The van der Waals surface area contributed by atoms with E-state index in [-0.39, 0.29) is 23.2 Å². The van der Waals surface area contributed by atoms with Gasteiger partial charge in [-0.25, -0.2) is 4.79 Å². The minimum Gasteiger partial charge on any atom is -0.452 e. The first-order chi connectivity index (χ1) is 14.8. The number of halogens is 1. The van der Waals surface area contributed by atoms with Crippen molar-refractivity contribution in [2.24, 2.45) is 0 Å². The average Bonchev–Trinajstić information content (AvgIpc) is 2.99. The monoisotopic (exact) mass is 488 g/mol. The van der Waals surface area contributed by atoms with Crippen molar-refractivity contribution >= 4 is 45.3 Å². The van der Waals surface area contributed by atoms with Gasteiger partial charge in [-0.3, -0.25) is 19.3 Å². The van der Waals surface area contributed by atoms with E-state index in [0.29, 0.717) is 18.7 Å². The largest absolute Gasteiger partial charge is 0.452 e. The number of carbonyl (C=O) groups excluding carboxylic acids is 4. The second-order valence-electron chi connectivity index (χ2n) is 6.96. The standard InChI is InChI=1S/C22H21BrN2O6/c1-13-10-15(5-7-18(13)23)24-19(26)12-31-22(29)14-4-6-16-17(11-14)21(28)25(20(16)27)8-3-9-30-2/h4-7,10-11H,3,8-9,12H2,1-2H3,(H,24,26). The molecule has 9 heteroatoms. The fraction of sp³-hybridized carbons (Fsp3) is 0.273. The molecule has 0 spiro atoms. The molecule has 0 aliphatic carbocycles. The first-order valence-electron chi connectivity index (χ1n) is 9.54. The molecular weight excluding hydrogens is 468 g/mol. The van der Waals surface area contributed by atoms with Crippen LogP contribution in [0.15, 0.2) is 40.9 Å². The highest BCUT2D eigenvalue weighted by molar-refractivity contribution is 9.10. The summed E-state index contributed by atoms with van der Waals surface area (Å²) in [4.78, 5) is 50.5. The minimum absolute atomic E-state index is 0.0888. The summed E-state index contributed by atoms with van der Waals surface area (Å²) < 4.78 is 10.9. The average molecular weight is 489 g/mol. The molecule has 2 aromatic carbocycles. The maximum Gasteiger partial charge on any atom is 0.338 e. The second-order valence-corrected chi connectivity index (χ2v) is 7.81. The van der Waals surface area contributed by atoms with E-state index in [4.69, 9.17) is 9.47 Å². The minimum atomic E-state index is -0.761. The summed E-state index contributed by atoms with van der Waals surface area (Å²) in [6.07, 6.45) is 0.518. The predicted molar refractivity (Wildman–Crippen MR) is 116 cm³/mol. The van der Waals surface area contributed by atoms with E-state index >= 15 is 0 Å². The molecule has 0 aromatic heterocycles. The molecule has 0 saturated carbocycles. The number of esters is 1. The van der Waals surface area contributed by atoms with Gasteiger partial charge in [0.1, 0.15) is 0 Å². The lowest BCUT2D eigenvalue weighted by Gasteiger charge is -2.12. The van der Waals surface area contributed by atoms with Gasteiger partial charge >= 0.3 is 5.97 Å². The molecule has 8 nitrogen and oxygen atoms in total. The van der Waals surface area contributed by atoms with Gasteiger partial charge in [0.25, 0.3) is 17.7 Å². The number of nitrogens with one attached hydrogen (secondary N) is 1. The van der Waals surface area contributed by atoms with Crippen molar-refractivity contribution in [1.82, 2.24) is 4.90 Å². The predicted octanol–water partition coefficient (Wildman–Crippen LogP) is 3.19.